The third-order valence-corrected chi connectivity index (χ3v) is 2.30. The molecule has 0 saturated heterocycles. The minimum absolute atomic E-state index is 0.0666. The van der Waals surface area contributed by atoms with Crippen molar-refractivity contribution in [1.82, 2.24) is 9.80 Å². The minimum Gasteiger partial charge on any atom is -0.480 e. The highest BCUT2D eigenvalue weighted by molar-refractivity contribution is 5.79. The van der Waals surface area contributed by atoms with Crippen molar-refractivity contribution in [3.63, 3.8) is 0 Å². The monoisotopic (exact) mass is 202 g/mol. The van der Waals surface area contributed by atoms with Gasteiger partial charge in [0.1, 0.15) is 6.04 Å². The van der Waals surface area contributed by atoms with E-state index in [-0.39, 0.29) is 12.5 Å². The van der Waals surface area contributed by atoms with Gasteiger partial charge in [-0.1, -0.05) is 0 Å². The van der Waals surface area contributed by atoms with Gasteiger partial charge in [-0.15, -0.1) is 0 Å². The zero-order valence-electron chi connectivity index (χ0n) is 9.15. The molecule has 82 valence electrons. The van der Waals surface area contributed by atoms with Crippen molar-refractivity contribution in [2.45, 2.75) is 19.9 Å². The van der Waals surface area contributed by atoms with Gasteiger partial charge in [0.15, 0.2) is 0 Å². The topological polar surface area (TPSA) is 60.9 Å². The maximum Gasteiger partial charge on any atom is 0.320 e. The second-order valence-corrected chi connectivity index (χ2v) is 3.34. The number of hydrogen-bond acceptors (Lipinski definition) is 3. The number of carboxylic acid groups (broad SMARTS) is 1. The lowest BCUT2D eigenvalue weighted by Gasteiger charge is -2.23. The molecule has 1 N–H and O–H groups in total. The van der Waals surface area contributed by atoms with Crippen LogP contribution in [0.5, 0.6) is 0 Å². The fourth-order valence-electron chi connectivity index (χ4n) is 0.836. The molecule has 0 aromatic heterocycles. The first kappa shape index (κ1) is 12.9. The normalized spacial score (nSPS) is 12.6. The van der Waals surface area contributed by atoms with Crippen molar-refractivity contribution in [3.05, 3.63) is 0 Å². The molecule has 5 heteroatoms. The Balaban J connectivity index is 4.12. The third-order valence-electron chi connectivity index (χ3n) is 2.30. The molecule has 0 aliphatic carbocycles. The van der Waals surface area contributed by atoms with E-state index in [2.05, 4.69) is 0 Å². The van der Waals surface area contributed by atoms with Crippen molar-refractivity contribution in [1.29, 1.82) is 0 Å². The summed E-state index contributed by atoms with van der Waals surface area (Å²) in [4.78, 5) is 25.1. The van der Waals surface area contributed by atoms with Crippen LogP contribution >= 0.6 is 0 Å². The van der Waals surface area contributed by atoms with Crippen LogP contribution in [0.3, 0.4) is 0 Å². The summed E-state index contributed by atoms with van der Waals surface area (Å²) in [7, 11) is 3.32. The molecule has 14 heavy (non-hydrogen) atoms. The number of rotatable bonds is 5. The van der Waals surface area contributed by atoms with Gasteiger partial charge >= 0.3 is 5.97 Å². The number of nitrogens with zero attached hydrogens (tertiary/aromatic N) is 2. The Hall–Kier alpha value is -1.10. The number of hydrogen-bond donors (Lipinski definition) is 1. The van der Waals surface area contributed by atoms with Gasteiger partial charge in [-0.2, -0.15) is 0 Å². The molecule has 1 atom stereocenters. The second-order valence-electron chi connectivity index (χ2n) is 3.34. The molecule has 0 spiro atoms. The number of likely N-dealkylation sites (N-methyl/N-ethyl adjacent to an activating group) is 2. The smallest absolute Gasteiger partial charge is 0.320 e. The highest BCUT2D eigenvalue weighted by Gasteiger charge is 2.19. The summed E-state index contributed by atoms with van der Waals surface area (Å²) in [5, 5.41) is 8.69. The fraction of sp³-hybridized carbons (Fsp3) is 0.778. The number of aliphatic carboxylic acids is 1. The molecule has 0 fully saturated rings. The van der Waals surface area contributed by atoms with Crippen LogP contribution in [0.2, 0.25) is 0 Å². The summed E-state index contributed by atoms with van der Waals surface area (Å²) in [6.45, 7) is 4.20. The zero-order valence-corrected chi connectivity index (χ0v) is 9.15. The molecule has 0 radical (unpaired) electrons. The quantitative estimate of drug-likeness (QED) is 0.674. The summed E-state index contributed by atoms with van der Waals surface area (Å²) in [6, 6.07) is -0.635. The van der Waals surface area contributed by atoms with Crippen LogP contribution in [0, 0.1) is 0 Å². The Morgan fingerprint density at radius 3 is 2.21 bits per heavy atom. The summed E-state index contributed by atoms with van der Waals surface area (Å²) in [5.74, 6) is -0.984. The van der Waals surface area contributed by atoms with E-state index < -0.39 is 12.0 Å². The lowest BCUT2D eigenvalue weighted by Crippen LogP contribution is -2.43. The van der Waals surface area contributed by atoms with Crippen molar-refractivity contribution in [2.24, 2.45) is 0 Å². The van der Waals surface area contributed by atoms with E-state index in [4.69, 9.17) is 5.11 Å². The first-order valence-electron chi connectivity index (χ1n) is 4.57. The molecule has 0 aliphatic rings. The summed E-state index contributed by atoms with van der Waals surface area (Å²) >= 11 is 0. The van der Waals surface area contributed by atoms with E-state index >= 15 is 0 Å². The molecule has 5 nitrogen and oxygen atoms in total. The van der Waals surface area contributed by atoms with E-state index in [9.17, 15) is 9.59 Å². The van der Waals surface area contributed by atoms with Crippen LogP contribution in [-0.4, -0.2) is 60.0 Å². The van der Waals surface area contributed by atoms with E-state index in [1.807, 2.05) is 6.92 Å². The van der Waals surface area contributed by atoms with E-state index in [0.29, 0.717) is 6.54 Å². The van der Waals surface area contributed by atoms with Gasteiger partial charge in [0.2, 0.25) is 5.91 Å². The number of amides is 1. The van der Waals surface area contributed by atoms with Gasteiger partial charge in [0, 0.05) is 13.6 Å². The van der Waals surface area contributed by atoms with E-state index in [0.717, 1.165) is 0 Å². The number of carbonyl (C=O) groups excluding carboxylic acids is 1. The number of carbonyl (C=O) groups is 2. The lowest BCUT2D eigenvalue weighted by atomic mass is 10.3. The van der Waals surface area contributed by atoms with Gasteiger partial charge in [-0.05, 0) is 20.9 Å². The van der Waals surface area contributed by atoms with Crippen molar-refractivity contribution in [3.8, 4) is 0 Å². The van der Waals surface area contributed by atoms with Gasteiger partial charge in [0.05, 0.1) is 6.54 Å². The third kappa shape index (κ3) is 3.74. The maximum absolute atomic E-state index is 11.4. The van der Waals surface area contributed by atoms with Crippen molar-refractivity contribution >= 4 is 11.9 Å². The van der Waals surface area contributed by atoms with Gasteiger partial charge in [0.25, 0.3) is 0 Å². The first-order chi connectivity index (χ1) is 6.40. The SMILES string of the molecule is CCN(C)C(=O)CN(C)C(C)C(=O)O. The predicted molar refractivity (Wildman–Crippen MR) is 53.0 cm³/mol. The Morgan fingerprint density at radius 2 is 1.86 bits per heavy atom. The molecule has 0 bridgehead atoms. The molecule has 0 aliphatic heterocycles. The Kier molecular flexibility index (Phi) is 5.15. The number of carboxylic acids is 1. The second kappa shape index (κ2) is 5.59. The maximum atomic E-state index is 11.4. The van der Waals surface area contributed by atoms with Crippen LogP contribution in [0.1, 0.15) is 13.8 Å². The molecule has 1 amide bonds. The molecule has 0 saturated carbocycles. The average molecular weight is 202 g/mol. The van der Waals surface area contributed by atoms with Crippen LogP contribution in [0.25, 0.3) is 0 Å². The first-order valence-corrected chi connectivity index (χ1v) is 4.57. The molecule has 0 aromatic rings. The highest BCUT2D eigenvalue weighted by Crippen LogP contribution is 1.96. The summed E-state index contributed by atoms with van der Waals surface area (Å²) in [5.41, 5.74) is 0. The molecule has 0 rings (SSSR count). The van der Waals surface area contributed by atoms with Crippen LogP contribution in [0.4, 0.5) is 0 Å². The summed E-state index contributed by atoms with van der Waals surface area (Å²) in [6.07, 6.45) is 0. The van der Waals surface area contributed by atoms with Crippen molar-refractivity contribution < 1.29 is 14.7 Å². The molecule has 1 unspecified atom stereocenters. The fourth-order valence-corrected chi connectivity index (χ4v) is 0.836. The molecule has 0 heterocycles. The van der Waals surface area contributed by atoms with Gasteiger partial charge in [-0.25, -0.2) is 0 Å². The molecular weight excluding hydrogens is 184 g/mol. The predicted octanol–water partition coefficient (Wildman–Crippen LogP) is -0.130. The Morgan fingerprint density at radius 1 is 1.36 bits per heavy atom. The Bertz CT molecular complexity index is 218. The highest BCUT2D eigenvalue weighted by atomic mass is 16.4. The molecular formula is C9H18N2O3. The largest absolute Gasteiger partial charge is 0.480 e. The lowest BCUT2D eigenvalue weighted by molar-refractivity contribution is -0.143. The van der Waals surface area contributed by atoms with E-state index in [1.54, 1.807) is 25.9 Å². The van der Waals surface area contributed by atoms with E-state index in [1.165, 1.54) is 4.90 Å². The Labute approximate surface area is 84.3 Å². The van der Waals surface area contributed by atoms with Crippen LogP contribution in [-0.2, 0) is 9.59 Å². The summed E-state index contributed by atoms with van der Waals surface area (Å²) < 4.78 is 0. The molecule has 0 aromatic carbocycles. The van der Waals surface area contributed by atoms with Crippen LogP contribution in [0.15, 0.2) is 0 Å². The van der Waals surface area contributed by atoms with Gasteiger partial charge < -0.3 is 10.0 Å². The van der Waals surface area contributed by atoms with Crippen LogP contribution < -0.4 is 0 Å². The minimum atomic E-state index is -0.917. The standard InChI is InChI=1S/C9H18N2O3/c1-5-10(3)8(12)6-11(4)7(2)9(13)14/h7H,5-6H2,1-4H3,(H,13,14). The average Bonchev–Trinajstić information content (AvgIpc) is 2.14. The van der Waals surface area contributed by atoms with Gasteiger partial charge in [-0.3, -0.25) is 14.5 Å². The zero-order chi connectivity index (χ0) is 11.3. The van der Waals surface area contributed by atoms with Crippen molar-refractivity contribution in [2.75, 3.05) is 27.2 Å².